The normalized spacial score (nSPS) is 30.0. The predicted molar refractivity (Wildman–Crippen MR) is 72.9 cm³/mol. The molecule has 0 aromatic rings. The Bertz CT molecular complexity index is 246. The van der Waals surface area contributed by atoms with Crippen molar-refractivity contribution in [2.24, 2.45) is 0 Å². The molecular formula is C14H28N2O2. The van der Waals surface area contributed by atoms with Crippen LogP contribution in [0.5, 0.6) is 0 Å². The Morgan fingerprint density at radius 1 is 1.28 bits per heavy atom. The fraction of sp³-hybridized carbons (Fsp3) is 1.00. The number of nitrogens with one attached hydrogen (secondary N) is 1. The van der Waals surface area contributed by atoms with Gasteiger partial charge in [-0.25, -0.2) is 0 Å². The summed E-state index contributed by atoms with van der Waals surface area (Å²) in [4.78, 5) is 2.34. The highest BCUT2D eigenvalue weighted by molar-refractivity contribution is 4.84. The molecular weight excluding hydrogens is 228 g/mol. The van der Waals surface area contributed by atoms with E-state index in [0.717, 1.165) is 25.7 Å². The van der Waals surface area contributed by atoms with Crippen LogP contribution in [-0.2, 0) is 9.47 Å². The molecule has 106 valence electrons. The van der Waals surface area contributed by atoms with E-state index in [1.54, 1.807) is 7.11 Å². The molecule has 0 aromatic heterocycles. The van der Waals surface area contributed by atoms with Crippen LogP contribution in [0.4, 0.5) is 0 Å². The highest BCUT2D eigenvalue weighted by Gasteiger charge is 2.29. The summed E-state index contributed by atoms with van der Waals surface area (Å²) in [5, 5.41) is 3.56. The summed E-state index contributed by atoms with van der Waals surface area (Å²) in [6.45, 7) is 5.05. The van der Waals surface area contributed by atoms with Gasteiger partial charge in [0, 0.05) is 32.3 Å². The van der Waals surface area contributed by atoms with Crippen LogP contribution in [-0.4, -0.2) is 63.0 Å². The minimum Gasteiger partial charge on any atom is -0.383 e. The van der Waals surface area contributed by atoms with Crippen LogP contribution in [0.1, 0.15) is 32.6 Å². The summed E-state index contributed by atoms with van der Waals surface area (Å²) in [5.41, 5.74) is 0. The topological polar surface area (TPSA) is 33.7 Å². The van der Waals surface area contributed by atoms with Crippen molar-refractivity contribution in [1.29, 1.82) is 0 Å². The fourth-order valence-corrected chi connectivity index (χ4v) is 2.52. The molecule has 2 fully saturated rings. The van der Waals surface area contributed by atoms with E-state index in [1.165, 1.54) is 25.7 Å². The van der Waals surface area contributed by atoms with Crippen LogP contribution in [0.25, 0.3) is 0 Å². The van der Waals surface area contributed by atoms with E-state index < -0.39 is 0 Å². The summed E-state index contributed by atoms with van der Waals surface area (Å²) in [6, 6.07) is 1.25. The zero-order valence-corrected chi connectivity index (χ0v) is 12.0. The second kappa shape index (κ2) is 6.85. The maximum atomic E-state index is 6.09. The zero-order chi connectivity index (χ0) is 13.0. The quantitative estimate of drug-likeness (QED) is 0.709. The molecule has 1 aliphatic carbocycles. The molecule has 0 spiro atoms. The Labute approximate surface area is 111 Å². The van der Waals surface area contributed by atoms with E-state index in [9.17, 15) is 0 Å². The Balaban J connectivity index is 1.61. The Morgan fingerprint density at radius 2 is 2.00 bits per heavy atom. The van der Waals surface area contributed by atoms with Crippen molar-refractivity contribution in [1.82, 2.24) is 10.2 Å². The monoisotopic (exact) mass is 256 g/mol. The third-order valence-electron chi connectivity index (χ3n) is 4.06. The zero-order valence-electron chi connectivity index (χ0n) is 12.0. The predicted octanol–water partition coefficient (Wildman–Crippen LogP) is 1.25. The van der Waals surface area contributed by atoms with Crippen molar-refractivity contribution in [3.05, 3.63) is 0 Å². The number of rotatable bonds is 8. The van der Waals surface area contributed by atoms with E-state index in [0.29, 0.717) is 18.2 Å². The first-order valence-electron chi connectivity index (χ1n) is 7.27. The molecule has 0 radical (unpaired) electrons. The van der Waals surface area contributed by atoms with Crippen LogP contribution in [0, 0.1) is 0 Å². The number of methoxy groups -OCH3 is 1. The molecule has 3 atom stereocenters. The number of likely N-dealkylation sites (N-methyl/N-ethyl adjacent to an activating group) is 1. The largest absolute Gasteiger partial charge is 0.383 e. The van der Waals surface area contributed by atoms with E-state index in [4.69, 9.17) is 9.47 Å². The summed E-state index contributed by atoms with van der Waals surface area (Å²) < 4.78 is 11.3. The molecule has 0 bridgehead atoms. The van der Waals surface area contributed by atoms with Crippen molar-refractivity contribution in [2.45, 2.75) is 56.9 Å². The maximum absolute atomic E-state index is 6.09. The van der Waals surface area contributed by atoms with Gasteiger partial charge in [0.05, 0.1) is 18.8 Å². The lowest BCUT2D eigenvalue weighted by atomic mass is 10.1. The smallest absolute Gasteiger partial charge is 0.0707 e. The molecule has 0 aromatic carbocycles. The van der Waals surface area contributed by atoms with Crippen LogP contribution in [0.15, 0.2) is 0 Å². The summed E-state index contributed by atoms with van der Waals surface area (Å²) >= 11 is 0. The lowest BCUT2D eigenvalue weighted by molar-refractivity contribution is 0.0136. The minimum absolute atomic E-state index is 0.403. The highest BCUT2D eigenvalue weighted by Crippen LogP contribution is 2.23. The van der Waals surface area contributed by atoms with Crippen LogP contribution in [0.3, 0.4) is 0 Å². The van der Waals surface area contributed by atoms with Gasteiger partial charge in [-0.1, -0.05) is 0 Å². The van der Waals surface area contributed by atoms with Crippen molar-refractivity contribution in [3.63, 3.8) is 0 Å². The van der Waals surface area contributed by atoms with Crippen molar-refractivity contribution < 1.29 is 9.47 Å². The molecule has 4 heteroatoms. The molecule has 2 rings (SSSR count). The fourth-order valence-electron chi connectivity index (χ4n) is 2.52. The molecule has 0 amide bonds. The highest BCUT2D eigenvalue weighted by atomic mass is 16.5. The third-order valence-corrected chi connectivity index (χ3v) is 4.06. The van der Waals surface area contributed by atoms with Crippen molar-refractivity contribution >= 4 is 0 Å². The standard InChI is InChI=1S/C14H28N2O2/c1-11(10-17-3)16(2)9-14-7-6-13(18-14)8-15-12-4-5-12/h11-15H,4-10H2,1-3H3. The van der Waals surface area contributed by atoms with Gasteiger partial charge in [0.25, 0.3) is 0 Å². The molecule has 1 aliphatic heterocycles. The average molecular weight is 256 g/mol. The van der Waals surface area contributed by atoms with Crippen molar-refractivity contribution in [2.75, 3.05) is 33.9 Å². The summed E-state index contributed by atoms with van der Waals surface area (Å²) in [7, 11) is 3.92. The van der Waals surface area contributed by atoms with E-state index >= 15 is 0 Å². The van der Waals surface area contributed by atoms with Gasteiger partial charge in [0.15, 0.2) is 0 Å². The number of hydrogen-bond acceptors (Lipinski definition) is 4. The average Bonchev–Trinajstić information content (AvgIpc) is 3.08. The maximum Gasteiger partial charge on any atom is 0.0707 e. The molecule has 1 saturated heterocycles. The summed E-state index contributed by atoms with van der Waals surface area (Å²) in [6.07, 6.45) is 5.95. The van der Waals surface area contributed by atoms with Gasteiger partial charge in [-0.2, -0.15) is 0 Å². The van der Waals surface area contributed by atoms with Gasteiger partial charge in [-0.3, -0.25) is 4.90 Å². The molecule has 1 N–H and O–H groups in total. The first-order chi connectivity index (χ1) is 8.69. The van der Waals surface area contributed by atoms with Crippen LogP contribution in [0.2, 0.25) is 0 Å². The SMILES string of the molecule is COCC(C)N(C)CC1CCC(CNC2CC2)O1. The minimum atomic E-state index is 0.403. The van der Waals surface area contributed by atoms with Crippen LogP contribution >= 0.6 is 0 Å². The second-order valence-corrected chi connectivity index (χ2v) is 5.88. The third kappa shape index (κ3) is 4.50. The lowest BCUT2D eigenvalue weighted by Crippen LogP contribution is -2.38. The molecule has 2 aliphatic rings. The van der Waals surface area contributed by atoms with Gasteiger partial charge in [0.2, 0.25) is 0 Å². The molecule has 4 nitrogen and oxygen atoms in total. The van der Waals surface area contributed by atoms with Gasteiger partial charge in [0.1, 0.15) is 0 Å². The second-order valence-electron chi connectivity index (χ2n) is 5.88. The van der Waals surface area contributed by atoms with Gasteiger partial charge >= 0.3 is 0 Å². The van der Waals surface area contributed by atoms with Gasteiger partial charge in [-0.05, 0) is 39.7 Å². The Kier molecular flexibility index (Phi) is 5.42. The molecule has 3 unspecified atom stereocenters. The lowest BCUT2D eigenvalue weighted by Gasteiger charge is -2.27. The first kappa shape index (κ1) is 14.3. The van der Waals surface area contributed by atoms with Crippen LogP contribution < -0.4 is 5.32 Å². The van der Waals surface area contributed by atoms with E-state index in [2.05, 4.69) is 24.2 Å². The summed E-state index contributed by atoms with van der Waals surface area (Å²) in [5.74, 6) is 0. The number of nitrogens with zero attached hydrogens (tertiary/aromatic N) is 1. The molecule has 18 heavy (non-hydrogen) atoms. The Hall–Kier alpha value is -0.160. The molecule has 1 heterocycles. The number of ether oxygens (including phenoxy) is 2. The molecule has 1 saturated carbocycles. The van der Waals surface area contributed by atoms with Gasteiger partial charge < -0.3 is 14.8 Å². The van der Waals surface area contributed by atoms with Gasteiger partial charge in [-0.15, -0.1) is 0 Å². The number of hydrogen-bond donors (Lipinski definition) is 1. The van der Waals surface area contributed by atoms with Crippen molar-refractivity contribution in [3.8, 4) is 0 Å². The first-order valence-corrected chi connectivity index (χ1v) is 7.27. The van der Waals surface area contributed by atoms with E-state index in [1.807, 2.05) is 0 Å². The Morgan fingerprint density at radius 3 is 2.67 bits per heavy atom. The van der Waals surface area contributed by atoms with E-state index in [-0.39, 0.29) is 0 Å².